The molecule has 0 spiro atoms. The summed E-state index contributed by atoms with van der Waals surface area (Å²) in [6.07, 6.45) is 17.3. The highest BCUT2D eigenvalue weighted by Gasteiger charge is 2.00. The number of esters is 3. The molecular weight excluding hydrogens is 448 g/mol. The number of hydrogen-bond donors (Lipinski definition) is 1. The van der Waals surface area contributed by atoms with Crippen LogP contribution >= 0.6 is 0 Å². The quantitative estimate of drug-likeness (QED) is 0.0972. The van der Waals surface area contributed by atoms with Gasteiger partial charge in [-0.15, -0.1) is 0 Å². The van der Waals surface area contributed by atoms with E-state index in [-0.39, 0.29) is 25.2 Å². The van der Waals surface area contributed by atoms with Gasteiger partial charge in [0.2, 0.25) is 0 Å². The number of aliphatic hydroxyl groups excluding tert-OH is 1. The van der Waals surface area contributed by atoms with E-state index in [1.165, 1.54) is 69.9 Å². The first-order chi connectivity index (χ1) is 16.8. The van der Waals surface area contributed by atoms with Gasteiger partial charge in [-0.2, -0.15) is 0 Å². The van der Waals surface area contributed by atoms with Gasteiger partial charge in [0.25, 0.3) is 0 Å². The minimum absolute atomic E-state index is 0.0473. The summed E-state index contributed by atoms with van der Waals surface area (Å²) in [4.78, 5) is 31.5. The van der Waals surface area contributed by atoms with E-state index in [0.29, 0.717) is 18.8 Å². The lowest BCUT2D eigenvalue weighted by atomic mass is 10.1. The Bertz CT molecular complexity index is 554. The van der Waals surface area contributed by atoms with E-state index in [2.05, 4.69) is 36.1 Å². The van der Waals surface area contributed by atoms with Crippen molar-refractivity contribution >= 4 is 17.9 Å². The van der Waals surface area contributed by atoms with Gasteiger partial charge in [-0.3, -0.25) is 0 Å². The third kappa shape index (κ3) is 36.3. The Kier molecular flexibility index (Phi) is 33.5. The first-order valence-electron chi connectivity index (χ1n) is 12.8. The number of aliphatic hydroxyl groups is 1. The molecule has 0 heterocycles. The molecule has 0 saturated heterocycles. The summed E-state index contributed by atoms with van der Waals surface area (Å²) in [5.41, 5.74) is 0.350. The Hall–Kier alpha value is -2.41. The van der Waals surface area contributed by atoms with Gasteiger partial charge in [0.05, 0.1) is 19.8 Å². The summed E-state index contributed by atoms with van der Waals surface area (Å²) in [5.74, 6) is -1.09. The SMILES string of the molecule is C=C(C)C(=O)OCCO.C=CC(=O)OCCCC.C=CC(=O)OCCCCCCCCCCCC. The van der Waals surface area contributed by atoms with Crippen LogP contribution in [0.1, 0.15) is 97.8 Å². The first-order valence-corrected chi connectivity index (χ1v) is 12.8. The molecule has 204 valence electrons. The third-order valence-corrected chi connectivity index (χ3v) is 4.49. The molecule has 0 saturated carbocycles. The molecule has 1 N–H and O–H groups in total. The Balaban J connectivity index is -0.000000481. The van der Waals surface area contributed by atoms with Crippen molar-refractivity contribution in [2.24, 2.45) is 0 Å². The van der Waals surface area contributed by atoms with E-state index < -0.39 is 5.97 Å². The third-order valence-electron chi connectivity index (χ3n) is 4.49. The molecule has 0 aromatic rings. The number of rotatable bonds is 19. The minimum Gasteiger partial charge on any atom is -0.463 e. The second-order valence-corrected chi connectivity index (χ2v) is 7.92. The summed E-state index contributed by atoms with van der Waals surface area (Å²) >= 11 is 0. The van der Waals surface area contributed by atoms with Crippen LogP contribution in [-0.2, 0) is 28.6 Å². The molecule has 0 amide bonds. The van der Waals surface area contributed by atoms with Gasteiger partial charge in [-0.25, -0.2) is 14.4 Å². The molecule has 0 atom stereocenters. The monoisotopic (exact) mass is 498 g/mol. The highest BCUT2D eigenvalue weighted by Crippen LogP contribution is 2.10. The number of ether oxygens (including phenoxy) is 3. The Morgan fingerprint density at radius 2 is 1.06 bits per heavy atom. The van der Waals surface area contributed by atoms with Crippen molar-refractivity contribution in [2.75, 3.05) is 26.4 Å². The summed E-state index contributed by atoms with van der Waals surface area (Å²) in [7, 11) is 0. The van der Waals surface area contributed by atoms with Gasteiger partial charge in [-0.05, 0) is 19.8 Å². The van der Waals surface area contributed by atoms with E-state index in [0.717, 1.165) is 19.3 Å². The molecule has 0 aromatic heterocycles. The Morgan fingerprint density at radius 3 is 1.43 bits per heavy atom. The van der Waals surface area contributed by atoms with Gasteiger partial charge in [0.15, 0.2) is 0 Å². The maximum absolute atomic E-state index is 10.7. The van der Waals surface area contributed by atoms with Gasteiger partial charge in [0, 0.05) is 17.7 Å². The fraction of sp³-hybridized carbons (Fsp3) is 0.679. The van der Waals surface area contributed by atoms with Gasteiger partial charge in [-0.1, -0.05) is 97.8 Å². The van der Waals surface area contributed by atoms with E-state index >= 15 is 0 Å². The predicted octanol–water partition coefficient (Wildman–Crippen LogP) is 6.25. The number of hydrogen-bond acceptors (Lipinski definition) is 7. The maximum atomic E-state index is 10.7. The normalized spacial score (nSPS) is 9.37. The van der Waals surface area contributed by atoms with Crippen LogP contribution in [-0.4, -0.2) is 49.4 Å². The molecule has 0 bridgehead atoms. The van der Waals surface area contributed by atoms with Crippen molar-refractivity contribution in [2.45, 2.75) is 97.8 Å². The zero-order chi connectivity index (χ0) is 27.2. The fourth-order valence-electron chi connectivity index (χ4n) is 2.46. The summed E-state index contributed by atoms with van der Waals surface area (Å²) in [5, 5.41) is 8.19. The van der Waals surface area contributed by atoms with Gasteiger partial charge in [0.1, 0.15) is 6.61 Å². The van der Waals surface area contributed by atoms with Crippen molar-refractivity contribution in [3.05, 3.63) is 37.5 Å². The highest BCUT2D eigenvalue weighted by molar-refractivity contribution is 5.86. The number of unbranched alkanes of at least 4 members (excludes halogenated alkanes) is 10. The van der Waals surface area contributed by atoms with Crippen molar-refractivity contribution in [3.63, 3.8) is 0 Å². The van der Waals surface area contributed by atoms with Gasteiger partial charge < -0.3 is 19.3 Å². The first kappa shape index (κ1) is 37.1. The highest BCUT2D eigenvalue weighted by atomic mass is 16.5. The van der Waals surface area contributed by atoms with E-state index in [1.807, 2.05) is 6.92 Å². The summed E-state index contributed by atoms with van der Waals surface area (Å²) < 4.78 is 14.0. The van der Waals surface area contributed by atoms with Gasteiger partial charge >= 0.3 is 17.9 Å². The predicted molar refractivity (Wildman–Crippen MR) is 142 cm³/mol. The zero-order valence-corrected chi connectivity index (χ0v) is 22.5. The molecule has 0 aliphatic carbocycles. The molecule has 0 aliphatic heterocycles. The second kappa shape index (κ2) is 31.6. The van der Waals surface area contributed by atoms with Crippen LogP contribution in [0.15, 0.2) is 37.5 Å². The van der Waals surface area contributed by atoms with Crippen LogP contribution in [0, 0.1) is 0 Å². The molecule has 0 radical (unpaired) electrons. The fourth-order valence-corrected chi connectivity index (χ4v) is 2.46. The van der Waals surface area contributed by atoms with E-state index in [4.69, 9.17) is 9.84 Å². The molecule has 35 heavy (non-hydrogen) atoms. The van der Waals surface area contributed by atoms with Crippen molar-refractivity contribution in [1.29, 1.82) is 0 Å². The van der Waals surface area contributed by atoms with Crippen molar-refractivity contribution in [3.8, 4) is 0 Å². The average molecular weight is 499 g/mol. The number of carbonyl (C=O) groups is 3. The van der Waals surface area contributed by atoms with Crippen LogP contribution in [0.25, 0.3) is 0 Å². The molecule has 0 aromatic carbocycles. The lowest BCUT2D eigenvalue weighted by Gasteiger charge is -2.03. The lowest BCUT2D eigenvalue weighted by molar-refractivity contribution is -0.140. The van der Waals surface area contributed by atoms with Crippen molar-refractivity contribution < 1.29 is 33.7 Å². The zero-order valence-electron chi connectivity index (χ0n) is 22.5. The topological polar surface area (TPSA) is 99.1 Å². The summed E-state index contributed by atoms with van der Waals surface area (Å²) in [6, 6.07) is 0. The Morgan fingerprint density at radius 1 is 0.657 bits per heavy atom. The lowest BCUT2D eigenvalue weighted by Crippen LogP contribution is -2.08. The molecule has 7 heteroatoms. The second-order valence-electron chi connectivity index (χ2n) is 7.92. The largest absolute Gasteiger partial charge is 0.463 e. The maximum Gasteiger partial charge on any atom is 0.333 e. The Labute approximate surface area is 213 Å². The minimum atomic E-state index is -0.455. The van der Waals surface area contributed by atoms with Crippen LogP contribution < -0.4 is 0 Å². The average Bonchev–Trinajstić information content (AvgIpc) is 2.86. The number of carbonyl (C=O) groups excluding carboxylic acids is 3. The van der Waals surface area contributed by atoms with Crippen molar-refractivity contribution in [1.82, 2.24) is 0 Å². The molecule has 0 fully saturated rings. The summed E-state index contributed by atoms with van der Waals surface area (Å²) in [6.45, 7) is 16.8. The molecule has 0 unspecified atom stereocenters. The standard InChI is InChI=1S/C15H28O2.C7H12O2.C6H10O3/c1-3-5-6-7-8-9-10-11-12-13-14-17-15(16)4-2;1-3-5-6-9-7(8)4-2;1-5(2)6(8)9-4-3-7/h4H,2-3,5-14H2,1H3;4H,2-3,5-6H2,1H3;7H,1,3-4H2,2H3. The van der Waals surface area contributed by atoms with Crippen LogP contribution in [0.2, 0.25) is 0 Å². The smallest absolute Gasteiger partial charge is 0.333 e. The van der Waals surface area contributed by atoms with Crippen LogP contribution in [0.3, 0.4) is 0 Å². The molecule has 0 rings (SSSR count). The van der Waals surface area contributed by atoms with Crippen LogP contribution in [0.5, 0.6) is 0 Å². The van der Waals surface area contributed by atoms with E-state index in [1.54, 1.807) is 6.92 Å². The van der Waals surface area contributed by atoms with E-state index in [9.17, 15) is 14.4 Å². The molecular formula is C28H50O7. The molecule has 0 aliphatic rings. The van der Waals surface area contributed by atoms with Crippen LogP contribution in [0.4, 0.5) is 0 Å². The molecule has 7 nitrogen and oxygen atoms in total.